The number of hydrogen-bond donors (Lipinski definition) is 3. The zero-order valence-corrected chi connectivity index (χ0v) is 12.0. The molecule has 2 aromatic rings. The van der Waals surface area contributed by atoms with Gasteiger partial charge in [0.05, 0.1) is 12.1 Å². The van der Waals surface area contributed by atoms with Crippen LogP contribution in [0.3, 0.4) is 0 Å². The number of likely N-dealkylation sites (N-methyl/N-ethyl adjacent to an activating group) is 1. The predicted molar refractivity (Wildman–Crippen MR) is 77.0 cm³/mol. The summed E-state index contributed by atoms with van der Waals surface area (Å²) >= 11 is 1.33. The maximum Gasteiger partial charge on any atom is 0.315 e. The van der Waals surface area contributed by atoms with Crippen LogP contribution >= 0.6 is 11.3 Å². The number of carbonyl (C=O) groups is 2. The number of aromatic amines is 1. The van der Waals surface area contributed by atoms with E-state index in [1.54, 1.807) is 18.5 Å². The van der Waals surface area contributed by atoms with E-state index < -0.39 is 6.04 Å². The number of rotatable bonds is 3. The van der Waals surface area contributed by atoms with Gasteiger partial charge in [0, 0.05) is 13.6 Å². The van der Waals surface area contributed by atoms with Crippen LogP contribution in [0.25, 0.3) is 10.2 Å². The highest BCUT2D eigenvalue weighted by Crippen LogP contribution is 2.14. The van der Waals surface area contributed by atoms with Gasteiger partial charge < -0.3 is 20.5 Å². The first-order valence-corrected chi connectivity index (χ1v) is 7.18. The van der Waals surface area contributed by atoms with Crippen LogP contribution in [-0.4, -0.2) is 46.4 Å². The van der Waals surface area contributed by atoms with Crippen LogP contribution < -0.4 is 16.2 Å². The van der Waals surface area contributed by atoms with Crippen molar-refractivity contribution in [3.05, 3.63) is 27.6 Å². The number of aromatic nitrogens is 2. The third kappa shape index (κ3) is 2.59. The number of nitrogens with one attached hydrogen (secondary N) is 3. The molecular formula is C12H13N5O3S. The molecule has 1 fully saturated rings. The molecule has 0 aliphatic carbocycles. The Morgan fingerprint density at radius 1 is 1.52 bits per heavy atom. The van der Waals surface area contributed by atoms with E-state index in [0.29, 0.717) is 16.0 Å². The van der Waals surface area contributed by atoms with Gasteiger partial charge in [-0.25, -0.2) is 9.78 Å². The van der Waals surface area contributed by atoms with Crippen molar-refractivity contribution < 1.29 is 9.59 Å². The molecule has 21 heavy (non-hydrogen) atoms. The molecule has 8 nitrogen and oxygen atoms in total. The zero-order chi connectivity index (χ0) is 15.0. The van der Waals surface area contributed by atoms with E-state index in [4.69, 9.17) is 0 Å². The number of nitrogens with zero attached hydrogens (tertiary/aromatic N) is 2. The Labute approximate surface area is 123 Å². The average Bonchev–Trinajstić information content (AvgIpc) is 3.06. The lowest BCUT2D eigenvalue weighted by Crippen LogP contribution is -2.43. The Morgan fingerprint density at radius 3 is 3.05 bits per heavy atom. The van der Waals surface area contributed by atoms with Gasteiger partial charge in [0.25, 0.3) is 5.56 Å². The van der Waals surface area contributed by atoms with Crippen molar-refractivity contribution >= 4 is 33.5 Å². The van der Waals surface area contributed by atoms with Gasteiger partial charge in [0.2, 0.25) is 5.91 Å². The number of carbonyl (C=O) groups excluding carboxylic acids is 2. The smallest absolute Gasteiger partial charge is 0.315 e. The number of thiophene rings is 1. The van der Waals surface area contributed by atoms with Crippen LogP contribution in [-0.2, 0) is 11.3 Å². The summed E-state index contributed by atoms with van der Waals surface area (Å²) < 4.78 is 0.569. The molecule has 0 bridgehead atoms. The van der Waals surface area contributed by atoms with Gasteiger partial charge in [-0.15, -0.1) is 11.3 Å². The van der Waals surface area contributed by atoms with Crippen molar-refractivity contribution in [3.8, 4) is 0 Å². The van der Waals surface area contributed by atoms with Gasteiger partial charge in [-0.05, 0) is 11.4 Å². The molecule has 0 saturated carbocycles. The SMILES string of the molecule is CN(Cc1nc2ccsc2c(=O)[nH]1)C(=O)[C@H]1CNC(=O)N1. The highest BCUT2D eigenvalue weighted by Gasteiger charge is 2.29. The molecule has 1 aliphatic rings. The first kappa shape index (κ1) is 13.6. The van der Waals surface area contributed by atoms with Crippen LogP contribution in [0.1, 0.15) is 5.82 Å². The Morgan fingerprint density at radius 2 is 2.33 bits per heavy atom. The lowest BCUT2D eigenvalue weighted by molar-refractivity contribution is -0.132. The second kappa shape index (κ2) is 5.17. The normalized spacial score (nSPS) is 17.6. The van der Waals surface area contributed by atoms with E-state index in [1.807, 2.05) is 0 Å². The fraction of sp³-hybridized carbons (Fsp3) is 0.333. The molecule has 110 valence electrons. The molecule has 3 N–H and O–H groups in total. The van der Waals surface area contributed by atoms with E-state index in [1.165, 1.54) is 16.2 Å². The summed E-state index contributed by atoms with van der Waals surface area (Å²) in [5.74, 6) is 0.181. The number of H-pyrrole nitrogens is 1. The maximum atomic E-state index is 12.1. The molecule has 3 heterocycles. The van der Waals surface area contributed by atoms with Gasteiger partial charge in [-0.3, -0.25) is 9.59 Å². The lowest BCUT2D eigenvalue weighted by atomic mass is 10.2. The highest BCUT2D eigenvalue weighted by molar-refractivity contribution is 7.17. The molecule has 3 amide bonds. The predicted octanol–water partition coefficient (Wildman–Crippen LogP) is -0.376. The van der Waals surface area contributed by atoms with Crippen molar-refractivity contribution in [3.63, 3.8) is 0 Å². The van der Waals surface area contributed by atoms with Gasteiger partial charge in [-0.1, -0.05) is 0 Å². The minimum absolute atomic E-state index is 0.173. The number of hydrogen-bond acceptors (Lipinski definition) is 5. The second-order valence-electron chi connectivity index (χ2n) is 4.75. The van der Waals surface area contributed by atoms with Crippen LogP contribution in [0.5, 0.6) is 0 Å². The van der Waals surface area contributed by atoms with Gasteiger partial charge in [0.1, 0.15) is 16.6 Å². The largest absolute Gasteiger partial charge is 0.336 e. The van der Waals surface area contributed by atoms with E-state index in [0.717, 1.165) is 0 Å². The average molecular weight is 307 g/mol. The Balaban J connectivity index is 1.76. The summed E-state index contributed by atoms with van der Waals surface area (Å²) in [6.07, 6.45) is 0. The van der Waals surface area contributed by atoms with Crippen LogP contribution in [0.4, 0.5) is 4.79 Å². The van der Waals surface area contributed by atoms with E-state index >= 15 is 0 Å². The first-order chi connectivity index (χ1) is 10.0. The molecule has 1 aliphatic heterocycles. The summed E-state index contributed by atoms with van der Waals surface area (Å²) in [7, 11) is 1.60. The Bertz CT molecular complexity index is 768. The molecule has 1 atom stereocenters. The van der Waals surface area contributed by atoms with E-state index in [2.05, 4.69) is 20.6 Å². The number of urea groups is 1. The van der Waals surface area contributed by atoms with E-state index in [9.17, 15) is 14.4 Å². The summed E-state index contributed by atoms with van der Waals surface area (Å²) in [4.78, 5) is 43.5. The van der Waals surface area contributed by atoms with Crippen LogP contribution in [0.15, 0.2) is 16.2 Å². The van der Waals surface area contributed by atoms with Crippen molar-refractivity contribution in [1.29, 1.82) is 0 Å². The van der Waals surface area contributed by atoms with E-state index in [-0.39, 0.29) is 30.6 Å². The monoisotopic (exact) mass is 307 g/mol. The molecular weight excluding hydrogens is 294 g/mol. The zero-order valence-electron chi connectivity index (χ0n) is 11.2. The molecule has 1 saturated heterocycles. The molecule has 0 aromatic carbocycles. The molecule has 0 radical (unpaired) electrons. The van der Waals surface area contributed by atoms with Crippen molar-refractivity contribution in [1.82, 2.24) is 25.5 Å². The van der Waals surface area contributed by atoms with Crippen LogP contribution in [0, 0.1) is 0 Å². The second-order valence-corrected chi connectivity index (χ2v) is 5.66. The third-order valence-electron chi connectivity index (χ3n) is 3.20. The summed E-state index contributed by atoms with van der Waals surface area (Å²) in [5.41, 5.74) is 0.414. The third-order valence-corrected chi connectivity index (χ3v) is 4.10. The van der Waals surface area contributed by atoms with Gasteiger partial charge >= 0.3 is 6.03 Å². The Kier molecular flexibility index (Phi) is 3.34. The molecule has 0 spiro atoms. The van der Waals surface area contributed by atoms with Gasteiger partial charge in [-0.2, -0.15) is 0 Å². The Hall–Kier alpha value is -2.42. The summed E-state index contributed by atoms with van der Waals surface area (Å²) in [6.45, 7) is 0.432. The summed E-state index contributed by atoms with van der Waals surface area (Å²) in [6, 6.07) is 0.828. The number of amides is 3. The summed E-state index contributed by atoms with van der Waals surface area (Å²) in [5, 5.41) is 6.85. The quantitative estimate of drug-likeness (QED) is 0.718. The molecule has 3 rings (SSSR count). The lowest BCUT2D eigenvalue weighted by Gasteiger charge is -2.19. The molecule has 2 aromatic heterocycles. The minimum atomic E-state index is -0.584. The maximum absolute atomic E-state index is 12.1. The fourth-order valence-electron chi connectivity index (χ4n) is 2.17. The topological polar surface area (TPSA) is 107 Å². The van der Waals surface area contributed by atoms with Gasteiger partial charge in [0.15, 0.2) is 0 Å². The van der Waals surface area contributed by atoms with Crippen molar-refractivity contribution in [2.24, 2.45) is 0 Å². The fourth-order valence-corrected chi connectivity index (χ4v) is 2.89. The molecule has 9 heteroatoms. The van der Waals surface area contributed by atoms with Crippen molar-refractivity contribution in [2.45, 2.75) is 12.6 Å². The first-order valence-electron chi connectivity index (χ1n) is 6.30. The number of fused-ring (bicyclic) bond motifs is 1. The highest BCUT2D eigenvalue weighted by atomic mass is 32.1. The van der Waals surface area contributed by atoms with Crippen molar-refractivity contribution in [2.75, 3.05) is 13.6 Å². The minimum Gasteiger partial charge on any atom is -0.336 e. The molecule has 0 unspecified atom stereocenters. The van der Waals surface area contributed by atoms with Crippen LogP contribution in [0.2, 0.25) is 0 Å². The standard InChI is InChI=1S/C12H13N5O3S/c1-17(11(19)7-4-13-12(20)15-7)5-8-14-6-2-3-21-9(6)10(18)16-8/h2-3,7H,4-5H2,1H3,(H2,13,15,20)(H,14,16,18)/t7-/m1/s1.